The van der Waals surface area contributed by atoms with Gasteiger partial charge in [0.15, 0.2) is 15.7 Å². The van der Waals surface area contributed by atoms with Gasteiger partial charge in [-0.1, -0.05) is 6.07 Å². The van der Waals surface area contributed by atoms with E-state index in [0.29, 0.717) is 0 Å². The van der Waals surface area contributed by atoms with Gasteiger partial charge in [-0.15, -0.1) is 0 Å². The molecule has 4 rings (SSSR count). The highest BCUT2D eigenvalue weighted by Gasteiger charge is 2.43. The van der Waals surface area contributed by atoms with Crippen molar-refractivity contribution < 1.29 is 31.1 Å². The number of nitrogens with zero attached hydrogens (tertiary/aromatic N) is 4. The molecule has 1 aliphatic heterocycles. The minimum atomic E-state index is -4.74. The number of carbonyl (C=O) groups is 1. The van der Waals surface area contributed by atoms with Crippen LogP contribution >= 0.6 is 0 Å². The molecular formula is C21H22F3N5O4S. The molecule has 1 atom stereocenters. The van der Waals surface area contributed by atoms with Gasteiger partial charge in [-0.2, -0.15) is 18.3 Å². The molecule has 2 aromatic heterocycles. The molecule has 13 heteroatoms. The van der Waals surface area contributed by atoms with Gasteiger partial charge < -0.3 is 15.4 Å². The van der Waals surface area contributed by atoms with E-state index in [1.54, 1.807) is 20.8 Å². The summed E-state index contributed by atoms with van der Waals surface area (Å²) >= 11 is 0. The summed E-state index contributed by atoms with van der Waals surface area (Å²) in [5, 5.41) is 3.93. The first-order valence-electron chi connectivity index (χ1n) is 10.1. The third-order valence-electron chi connectivity index (χ3n) is 5.66. The van der Waals surface area contributed by atoms with E-state index >= 15 is 0 Å². The van der Waals surface area contributed by atoms with Gasteiger partial charge >= 0.3 is 6.18 Å². The first-order valence-corrected chi connectivity index (χ1v) is 12.0. The number of alkyl halides is 3. The van der Waals surface area contributed by atoms with Crippen LogP contribution in [0.15, 0.2) is 35.5 Å². The lowest BCUT2D eigenvalue weighted by molar-refractivity contribution is -0.147. The quantitative estimate of drug-likeness (QED) is 0.591. The van der Waals surface area contributed by atoms with Crippen molar-refractivity contribution >= 4 is 32.8 Å². The van der Waals surface area contributed by atoms with E-state index in [9.17, 15) is 26.4 Å². The maximum absolute atomic E-state index is 13.7. The molecule has 0 saturated carbocycles. The number of anilines is 2. The number of aromatic nitrogens is 3. The fraction of sp³-hybridized carbons (Fsp3) is 0.381. The number of fused-ring (bicyclic) bond motifs is 1. The van der Waals surface area contributed by atoms with Gasteiger partial charge in [-0.25, -0.2) is 17.9 Å². The van der Waals surface area contributed by atoms with Gasteiger partial charge in [0.25, 0.3) is 5.91 Å². The molecule has 0 bridgehead atoms. The normalized spacial score (nSPS) is 19.1. The Balaban J connectivity index is 2.01. The van der Waals surface area contributed by atoms with E-state index in [4.69, 9.17) is 10.5 Å². The number of morpholine rings is 1. The van der Waals surface area contributed by atoms with Gasteiger partial charge in [-0.05, 0) is 39.0 Å². The van der Waals surface area contributed by atoms with Crippen LogP contribution in [0.5, 0.6) is 0 Å². The zero-order valence-corrected chi connectivity index (χ0v) is 19.5. The Morgan fingerprint density at radius 3 is 2.53 bits per heavy atom. The SMILES string of the molecule is CC1COC(C)(C)C(=O)N1c1cc(-c2cc(C(F)(F)F)c3c(N)ncnn23)ccc1S(C)(=O)=O. The van der Waals surface area contributed by atoms with Crippen LogP contribution in [-0.2, 0) is 25.5 Å². The molecule has 3 aromatic rings. The van der Waals surface area contributed by atoms with E-state index in [2.05, 4.69) is 10.1 Å². The Hall–Kier alpha value is -3.19. The molecule has 0 spiro atoms. The Morgan fingerprint density at radius 1 is 1.24 bits per heavy atom. The third kappa shape index (κ3) is 3.88. The minimum Gasteiger partial charge on any atom is -0.382 e. The van der Waals surface area contributed by atoms with E-state index in [1.165, 1.54) is 23.1 Å². The summed E-state index contributed by atoms with van der Waals surface area (Å²) in [4.78, 5) is 18.0. The Morgan fingerprint density at radius 2 is 1.91 bits per heavy atom. The van der Waals surface area contributed by atoms with Crippen LogP contribution in [0.25, 0.3) is 16.8 Å². The Bertz CT molecular complexity index is 1420. The first-order chi connectivity index (χ1) is 15.6. The van der Waals surface area contributed by atoms with Crippen molar-refractivity contribution in [2.75, 3.05) is 23.5 Å². The van der Waals surface area contributed by atoms with Gasteiger partial charge in [0.05, 0.1) is 34.5 Å². The van der Waals surface area contributed by atoms with Gasteiger partial charge in [0.2, 0.25) is 0 Å². The molecular weight excluding hydrogens is 475 g/mol. The van der Waals surface area contributed by atoms with E-state index in [0.717, 1.165) is 23.2 Å². The standard InChI is InChI=1S/C21H22F3N5O4S/c1-11-9-33-20(2,3)19(30)28(11)15-7-12(5-6-16(15)34(4,31)32)14-8-13(21(22,23)24)17-18(25)26-10-27-29(14)17/h5-8,10-11H,9H2,1-4H3,(H2,25,26,27). The molecule has 34 heavy (non-hydrogen) atoms. The summed E-state index contributed by atoms with van der Waals surface area (Å²) in [6.45, 7) is 4.96. The molecule has 182 valence electrons. The third-order valence-corrected chi connectivity index (χ3v) is 6.81. The maximum Gasteiger partial charge on any atom is 0.418 e. The van der Waals surface area contributed by atoms with Crippen LogP contribution in [0.1, 0.15) is 26.3 Å². The first kappa shape index (κ1) is 24.0. The number of rotatable bonds is 3. The molecule has 1 fully saturated rings. The monoisotopic (exact) mass is 497 g/mol. The fourth-order valence-corrected chi connectivity index (χ4v) is 4.82. The second kappa shape index (κ2) is 7.67. The van der Waals surface area contributed by atoms with Crippen molar-refractivity contribution in [3.63, 3.8) is 0 Å². The molecule has 2 N–H and O–H groups in total. The lowest BCUT2D eigenvalue weighted by atomic mass is 10.0. The van der Waals surface area contributed by atoms with Crippen LogP contribution in [0, 0.1) is 0 Å². The van der Waals surface area contributed by atoms with E-state index < -0.39 is 44.6 Å². The highest BCUT2D eigenvalue weighted by atomic mass is 32.2. The summed E-state index contributed by atoms with van der Waals surface area (Å²) in [6, 6.07) is 4.34. The summed E-state index contributed by atoms with van der Waals surface area (Å²) in [5.74, 6) is -0.837. The number of nitrogen functional groups attached to an aromatic ring is 1. The highest BCUT2D eigenvalue weighted by Crippen LogP contribution is 2.41. The second-order valence-electron chi connectivity index (χ2n) is 8.65. The molecule has 1 aliphatic rings. The van der Waals surface area contributed by atoms with Gasteiger partial charge in [0, 0.05) is 11.8 Å². The predicted molar refractivity (Wildman–Crippen MR) is 118 cm³/mol. The van der Waals surface area contributed by atoms with Crippen molar-refractivity contribution in [2.45, 2.75) is 43.5 Å². The van der Waals surface area contributed by atoms with E-state index in [1.807, 2.05) is 0 Å². The number of halogens is 3. The molecule has 1 saturated heterocycles. The highest BCUT2D eigenvalue weighted by molar-refractivity contribution is 7.90. The Labute approximate surface area is 193 Å². The number of amides is 1. The molecule has 3 heterocycles. The molecule has 9 nitrogen and oxygen atoms in total. The lowest BCUT2D eigenvalue weighted by Crippen LogP contribution is -2.58. The smallest absolute Gasteiger partial charge is 0.382 e. The molecule has 1 aromatic carbocycles. The van der Waals surface area contributed by atoms with Crippen LogP contribution in [0.2, 0.25) is 0 Å². The molecule has 1 unspecified atom stereocenters. The summed E-state index contributed by atoms with van der Waals surface area (Å²) in [7, 11) is -3.80. The number of benzene rings is 1. The molecule has 0 radical (unpaired) electrons. The van der Waals surface area contributed by atoms with Crippen LogP contribution in [-0.4, -0.2) is 53.4 Å². The zero-order valence-electron chi connectivity index (χ0n) is 18.7. The van der Waals surface area contributed by atoms with Crippen LogP contribution < -0.4 is 10.6 Å². The average Bonchev–Trinajstić information content (AvgIpc) is 3.12. The van der Waals surface area contributed by atoms with Crippen LogP contribution in [0.4, 0.5) is 24.7 Å². The van der Waals surface area contributed by atoms with Crippen molar-refractivity contribution in [3.05, 3.63) is 36.2 Å². The minimum absolute atomic E-state index is 0.00495. The number of nitrogens with two attached hydrogens (primary N) is 1. The number of carbonyl (C=O) groups excluding carboxylic acids is 1. The summed E-state index contributed by atoms with van der Waals surface area (Å²) in [5.41, 5.74) is 3.30. The number of ether oxygens (including phenoxy) is 1. The van der Waals surface area contributed by atoms with Gasteiger partial charge in [0.1, 0.15) is 17.4 Å². The second-order valence-corrected chi connectivity index (χ2v) is 10.6. The number of hydrogen-bond donors (Lipinski definition) is 1. The summed E-state index contributed by atoms with van der Waals surface area (Å²) < 4.78 is 72.9. The van der Waals surface area contributed by atoms with Crippen molar-refractivity contribution in [2.24, 2.45) is 0 Å². The predicted octanol–water partition coefficient (Wildman–Crippen LogP) is 2.93. The van der Waals surface area contributed by atoms with Crippen molar-refractivity contribution in [3.8, 4) is 11.3 Å². The topological polar surface area (TPSA) is 120 Å². The van der Waals surface area contributed by atoms with Crippen molar-refractivity contribution in [1.29, 1.82) is 0 Å². The van der Waals surface area contributed by atoms with Gasteiger partial charge in [-0.3, -0.25) is 4.79 Å². The molecule has 1 amide bonds. The summed E-state index contributed by atoms with van der Waals surface area (Å²) in [6.07, 6.45) is -2.72. The largest absolute Gasteiger partial charge is 0.418 e. The number of hydrogen-bond acceptors (Lipinski definition) is 7. The fourth-order valence-electron chi connectivity index (χ4n) is 3.97. The molecule has 0 aliphatic carbocycles. The Kier molecular flexibility index (Phi) is 5.40. The zero-order chi connectivity index (χ0) is 25.2. The average molecular weight is 497 g/mol. The lowest BCUT2D eigenvalue weighted by Gasteiger charge is -2.42. The van der Waals surface area contributed by atoms with Crippen LogP contribution in [0.3, 0.4) is 0 Å². The maximum atomic E-state index is 13.7. The number of sulfone groups is 1. The van der Waals surface area contributed by atoms with E-state index in [-0.39, 0.29) is 34.3 Å². The van der Waals surface area contributed by atoms with Crippen molar-refractivity contribution in [1.82, 2.24) is 14.6 Å².